The van der Waals surface area contributed by atoms with Gasteiger partial charge in [0, 0.05) is 0 Å². The van der Waals surface area contributed by atoms with Crippen LogP contribution in [-0.4, -0.2) is 40.0 Å². The van der Waals surface area contributed by atoms with Gasteiger partial charge < -0.3 is 20.1 Å². The van der Waals surface area contributed by atoms with Gasteiger partial charge in [0.25, 0.3) is 0 Å². The van der Waals surface area contributed by atoms with Crippen LogP contribution in [0.15, 0.2) is 18.2 Å². The third kappa shape index (κ3) is 6.20. The Balaban J connectivity index is 2.54. The summed E-state index contributed by atoms with van der Waals surface area (Å²) in [4.78, 5) is 22.7. The molecule has 0 spiro atoms. The highest BCUT2D eigenvalue weighted by Crippen LogP contribution is 2.21. The fraction of sp³-hybridized carbons (Fsp3) is 0.556. The van der Waals surface area contributed by atoms with Gasteiger partial charge in [-0.25, -0.2) is 9.59 Å². The lowest BCUT2D eigenvalue weighted by atomic mass is 9.93. The summed E-state index contributed by atoms with van der Waals surface area (Å²) in [6.07, 6.45) is 4.02. The third-order valence-electron chi connectivity index (χ3n) is 4.02. The van der Waals surface area contributed by atoms with E-state index >= 15 is 0 Å². The van der Waals surface area contributed by atoms with Gasteiger partial charge >= 0.3 is 11.9 Å². The van der Waals surface area contributed by atoms with Gasteiger partial charge in [-0.15, -0.1) is 0 Å². The molecular formula is C18H26O6. The number of aromatic hydroxyl groups is 1. The molecule has 0 radical (unpaired) electrons. The quantitative estimate of drug-likeness (QED) is 0.566. The Morgan fingerprint density at radius 1 is 1.25 bits per heavy atom. The van der Waals surface area contributed by atoms with Gasteiger partial charge in [0.05, 0.1) is 11.7 Å². The van der Waals surface area contributed by atoms with E-state index in [9.17, 15) is 19.8 Å². The number of phenolic OH excluding ortho intramolecular Hbond substituents is 1. The summed E-state index contributed by atoms with van der Waals surface area (Å²) in [5, 5.41) is 28.6. The van der Waals surface area contributed by atoms with Crippen molar-refractivity contribution in [2.45, 2.75) is 52.1 Å². The first-order valence-electron chi connectivity index (χ1n) is 8.30. The number of esters is 1. The van der Waals surface area contributed by atoms with Gasteiger partial charge in [0.1, 0.15) is 17.9 Å². The van der Waals surface area contributed by atoms with Gasteiger partial charge in [0.2, 0.25) is 0 Å². The van der Waals surface area contributed by atoms with E-state index in [1.165, 1.54) is 12.1 Å². The number of carboxylic acid groups (broad SMARTS) is 1. The van der Waals surface area contributed by atoms with Crippen molar-refractivity contribution in [1.29, 1.82) is 0 Å². The summed E-state index contributed by atoms with van der Waals surface area (Å²) in [5.41, 5.74) is -0.240. The van der Waals surface area contributed by atoms with E-state index in [1.807, 2.05) is 0 Å². The van der Waals surface area contributed by atoms with Crippen LogP contribution in [0.2, 0.25) is 0 Å². The van der Waals surface area contributed by atoms with Crippen molar-refractivity contribution >= 4 is 11.9 Å². The summed E-state index contributed by atoms with van der Waals surface area (Å²) in [6, 6.07) is 3.41. The summed E-state index contributed by atoms with van der Waals surface area (Å²) in [5.74, 6) is -2.05. The van der Waals surface area contributed by atoms with Crippen LogP contribution >= 0.6 is 0 Å². The molecule has 6 heteroatoms. The second kappa shape index (κ2) is 9.93. The number of aromatic carboxylic acids is 1. The number of carbonyl (C=O) groups excluding carboxylic acids is 1. The number of carbonyl (C=O) groups is 2. The molecule has 1 rings (SSSR count). The van der Waals surface area contributed by atoms with Crippen molar-refractivity contribution < 1.29 is 29.6 Å². The van der Waals surface area contributed by atoms with E-state index in [2.05, 4.69) is 13.8 Å². The van der Waals surface area contributed by atoms with Crippen LogP contribution in [0.4, 0.5) is 0 Å². The van der Waals surface area contributed by atoms with Crippen molar-refractivity contribution in [3.63, 3.8) is 0 Å². The molecule has 0 heterocycles. The summed E-state index contributed by atoms with van der Waals surface area (Å²) in [6.45, 7) is 4.04. The molecule has 3 N–H and O–H groups in total. The van der Waals surface area contributed by atoms with Crippen LogP contribution < -0.4 is 0 Å². The Morgan fingerprint density at radius 2 is 1.96 bits per heavy atom. The monoisotopic (exact) mass is 338 g/mol. The molecule has 0 aromatic heterocycles. The number of phenols is 1. The lowest BCUT2D eigenvalue weighted by Crippen LogP contribution is -2.22. The standard InChI is InChI=1S/C18H26O6/c1-3-5-6-12(4-2)9-14(19)11-24-18(23)15-8-7-13(17(21)22)10-16(15)20/h7-8,10,12,14,19-20H,3-6,9,11H2,1-2H3,(H,21,22). The van der Waals surface area contributed by atoms with Gasteiger partial charge in [-0.05, 0) is 30.5 Å². The minimum atomic E-state index is -1.20. The molecule has 0 aliphatic rings. The maximum Gasteiger partial charge on any atom is 0.342 e. The second-order valence-electron chi connectivity index (χ2n) is 5.94. The van der Waals surface area contributed by atoms with E-state index in [0.29, 0.717) is 12.3 Å². The normalized spacial score (nSPS) is 13.3. The summed E-state index contributed by atoms with van der Waals surface area (Å²) in [7, 11) is 0. The predicted octanol–water partition coefficient (Wildman–Crippen LogP) is 3.21. The zero-order valence-corrected chi connectivity index (χ0v) is 14.2. The topological polar surface area (TPSA) is 104 Å². The van der Waals surface area contributed by atoms with E-state index in [1.54, 1.807) is 0 Å². The van der Waals surface area contributed by atoms with Gasteiger partial charge in [-0.3, -0.25) is 0 Å². The number of rotatable bonds is 10. The highest BCUT2D eigenvalue weighted by atomic mass is 16.5. The first kappa shape index (κ1) is 20.0. The highest BCUT2D eigenvalue weighted by molar-refractivity contribution is 5.95. The Bertz CT molecular complexity index is 554. The molecule has 0 fully saturated rings. The zero-order valence-electron chi connectivity index (χ0n) is 14.2. The molecule has 1 aromatic carbocycles. The average Bonchev–Trinajstić information content (AvgIpc) is 2.56. The molecule has 134 valence electrons. The van der Waals surface area contributed by atoms with Gasteiger partial charge in [0.15, 0.2) is 0 Å². The summed E-state index contributed by atoms with van der Waals surface area (Å²) >= 11 is 0. The molecule has 1 aromatic rings. The lowest BCUT2D eigenvalue weighted by molar-refractivity contribution is 0.0188. The summed E-state index contributed by atoms with van der Waals surface area (Å²) < 4.78 is 5.02. The van der Waals surface area contributed by atoms with Crippen LogP contribution in [0.1, 0.15) is 66.7 Å². The van der Waals surface area contributed by atoms with Crippen LogP contribution in [0.5, 0.6) is 5.75 Å². The van der Waals surface area contributed by atoms with Crippen molar-refractivity contribution in [3.8, 4) is 5.75 Å². The number of ether oxygens (including phenoxy) is 1. The molecule has 0 saturated carbocycles. The average molecular weight is 338 g/mol. The number of aliphatic hydroxyl groups is 1. The fourth-order valence-electron chi connectivity index (χ4n) is 2.52. The number of aliphatic hydroxyl groups excluding tert-OH is 1. The Morgan fingerprint density at radius 3 is 2.50 bits per heavy atom. The van der Waals surface area contributed by atoms with Crippen molar-refractivity contribution in [2.75, 3.05) is 6.61 Å². The number of benzene rings is 1. The molecule has 0 aliphatic heterocycles. The SMILES string of the molecule is CCCCC(CC)CC(O)COC(=O)c1ccc(C(=O)O)cc1O. The Labute approximate surface area is 142 Å². The van der Waals surface area contributed by atoms with E-state index in [0.717, 1.165) is 31.7 Å². The molecule has 2 atom stereocenters. The van der Waals surface area contributed by atoms with Crippen LogP contribution in [-0.2, 0) is 4.74 Å². The molecule has 24 heavy (non-hydrogen) atoms. The molecule has 0 aliphatic carbocycles. The predicted molar refractivity (Wildman–Crippen MR) is 89.3 cm³/mol. The first-order chi connectivity index (χ1) is 11.4. The van der Waals surface area contributed by atoms with E-state index in [-0.39, 0.29) is 17.7 Å². The number of hydrogen-bond acceptors (Lipinski definition) is 5. The first-order valence-corrected chi connectivity index (χ1v) is 8.30. The van der Waals surface area contributed by atoms with Crippen LogP contribution in [0, 0.1) is 5.92 Å². The molecular weight excluding hydrogens is 312 g/mol. The number of unbranched alkanes of at least 4 members (excludes halogenated alkanes) is 1. The molecule has 0 bridgehead atoms. The van der Waals surface area contributed by atoms with Crippen molar-refractivity contribution in [2.24, 2.45) is 5.92 Å². The maximum atomic E-state index is 11.9. The smallest absolute Gasteiger partial charge is 0.342 e. The van der Waals surface area contributed by atoms with Gasteiger partial charge in [-0.1, -0.05) is 39.5 Å². The molecule has 2 unspecified atom stereocenters. The molecule has 0 amide bonds. The molecule has 0 saturated heterocycles. The maximum absolute atomic E-state index is 11.9. The van der Waals surface area contributed by atoms with Crippen LogP contribution in [0.25, 0.3) is 0 Å². The largest absolute Gasteiger partial charge is 0.507 e. The van der Waals surface area contributed by atoms with E-state index in [4.69, 9.17) is 9.84 Å². The zero-order chi connectivity index (χ0) is 18.1. The van der Waals surface area contributed by atoms with Gasteiger partial charge in [-0.2, -0.15) is 0 Å². The third-order valence-corrected chi connectivity index (χ3v) is 4.02. The van der Waals surface area contributed by atoms with Crippen LogP contribution in [0.3, 0.4) is 0 Å². The van der Waals surface area contributed by atoms with Crippen molar-refractivity contribution in [3.05, 3.63) is 29.3 Å². The lowest BCUT2D eigenvalue weighted by Gasteiger charge is -2.18. The highest BCUT2D eigenvalue weighted by Gasteiger charge is 2.18. The number of hydrogen-bond donors (Lipinski definition) is 3. The van der Waals surface area contributed by atoms with Crippen molar-refractivity contribution in [1.82, 2.24) is 0 Å². The number of carboxylic acids is 1. The second-order valence-corrected chi connectivity index (χ2v) is 5.94. The molecule has 6 nitrogen and oxygen atoms in total. The van der Waals surface area contributed by atoms with E-state index < -0.39 is 23.8 Å². The fourth-order valence-corrected chi connectivity index (χ4v) is 2.52. The minimum Gasteiger partial charge on any atom is -0.507 e. The Hall–Kier alpha value is -2.08. The Kier molecular flexibility index (Phi) is 8.26. The minimum absolute atomic E-state index is 0.120.